The number of rotatable bonds is 7. The summed E-state index contributed by atoms with van der Waals surface area (Å²) in [5, 5.41) is 1.89. The summed E-state index contributed by atoms with van der Waals surface area (Å²) in [6.45, 7) is 2.37. The molecule has 1 aliphatic carbocycles. The number of aromatic nitrogens is 1. The zero-order valence-electron chi connectivity index (χ0n) is 12.9. The van der Waals surface area contributed by atoms with Crippen molar-refractivity contribution in [3.63, 3.8) is 0 Å². The molecule has 1 unspecified atom stereocenters. The van der Waals surface area contributed by atoms with Crippen molar-refractivity contribution in [1.82, 2.24) is 9.99 Å². The van der Waals surface area contributed by atoms with Crippen LogP contribution in [0.15, 0.2) is 48.7 Å². The summed E-state index contributed by atoms with van der Waals surface area (Å²) < 4.78 is 0. The van der Waals surface area contributed by atoms with Gasteiger partial charge in [-0.3, -0.25) is 10.8 Å². The van der Waals surface area contributed by atoms with Gasteiger partial charge in [-0.2, -0.15) is 0 Å². The predicted octanol–water partition coefficient (Wildman–Crippen LogP) is 2.41. The number of nitrogens with two attached hydrogens (primary N) is 2. The second kappa shape index (κ2) is 7.01. The standard InChI is InChI=1S/C18H24N4/c19-11-17(15-8-9-15)13-22(20)12-14-4-6-16(7-5-14)18-3-1-2-10-21-18/h1-7,10,15,17H,8-9,11-13,19-20H2. The zero-order chi connectivity index (χ0) is 15.4. The molecule has 1 aromatic heterocycles. The molecule has 0 spiro atoms. The highest BCUT2D eigenvalue weighted by Crippen LogP contribution is 2.36. The summed E-state index contributed by atoms with van der Waals surface area (Å²) in [4.78, 5) is 4.37. The molecule has 2 aromatic rings. The van der Waals surface area contributed by atoms with E-state index in [1.165, 1.54) is 18.4 Å². The van der Waals surface area contributed by atoms with Crippen LogP contribution in [0, 0.1) is 11.8 Å². The third-order valence-electron chi connectivity index (χ3n) is 4.36. The number of pyridine rings is 1. The van der Waals surface area contributed by atoms with Crippen LogP contribution >= 0.6 is 0 Å². The van der Waals surface area contributed by atoms with Crippen LogP contribution in [0.3, 0.4) is 0 Å². The Kier molecular flexibility index (Phi) is 4.83. The first kappa shape index (κ1) is 15.2. The monoisotopic (exact) mass is 296 g/mol. The lowest BCUT2D eigenvalue weighted by molar-refractivity contribution is 0.217. The third kappa shape index (κ3) is 3.91. The SMILES string of the molecule is NCC(CN(N)Cc1ccc(-c2ccccn2)cc1)C1CC1. The van der Waals surface area contributed by atoms with Crippen LogP contribution in [0.2, 0.25) is 0 Å². The summed E-state index contributed by atoms with van der Waals surface area (Å²) in [6.07, 6.45) is 4.44. The molecule has 4 nitrogen and oxygen atoms in total. The fourth-order valence-electron chi connectivity index (χ4n) is 2.90. The van der Waals surface area contributed by atoms with Crippen molar-refractivity contribution in [2.24, 2.45) is 23.4 Å². The largest absolute Gasteiger partial charge is 0.330 e. The molecule has 1 heterocycles. The van der Waals surface area contributed by atoms with Crippen molar-refractivity contribution in [3.05, 3.63) is 54.2 Å². The summed E-state index contributed by atoms with van der Waals surface area (Å²) in [7, 11) is 0. The van der Waals surface area contributed by atoms with Crippen LogP contribution in [0.4, 0.5) is 0 Å². The molecule has 22 heavy (non-hydrogen) atoms. The smallest absolute Gasteiger partial charge is 0.0701 e. The first-order chi connectivity index (χ1) is 10.8. The molecule has 116 valence electrons. The third-order valence-corrected chi connectivity index (χ3v) is 4.36. The first-order valence-corrected chi connectivity index (χ1v) is 7.96. The molecule has 1 saturated carbocycles. The number of hydrogen-bond acceptors (Lipinski definition) is 4. The Balaban J connectivity index is 1.58. The number of benzene rings is 1. The minimum absolute atomic E-state index is 0.540. The van der Waals surface area contributed by atoms with Crippen LogP contribution in [0.1, 0.15) is 18.4 Å². The predicted molar refractivity (Wildman–Crippen MR) is 89.5 cm³/mol. The summed E-state index contributed by atoms with van der Waals surface area (Å²) in [5.41, 5.74) is 9.19. The Bertz CT molecular complexity index is 578. The van der Waals surface area contributed by atoms with Gasteiger partial charge in [0, 0.05) is 24.8 Å². The molecule has 0 aliphatic heterocycles. The molecular formula is C18H24N4. The van der Waals surface area contributed by atoms with Gasteiger partial charge in [0.1, 0.15) is 0 Å². The number of hydrazine groups is 1. The molecule has 0 saturated heterocycles. The van der Waals surface area contributed by atoms with Gasteiger partial charge in [-0.25, -0.2) is 5.01 Å². The maximum atomic E-state index is 6.16. The van der Waals surface area contributed by atoms with Crippen molar-refractivity contribution in [2.45, 2.75) is 19.4 Å². The van der Waals surface area contributed by atoms with E-state index in [0.717, 1.165) is 36.8 Å². The molecule has 4 heteroatoms. The average molecular weight is 296 g/mol. The van der Waals surface area contributed by atoms with Gasteiger partial charge in [0.25, 0.3) is 0 Å². The molecule has 0 radical (unpaired) electrons. The average Bonchev–Trinajstić information content (AvgIpc) is 3.39. The number of hydrogen-bond donors (Lipinski definition) is 2. The lowest BCUT2D eigenvalue weighted by Gasteiger charge is -2.22. The van der Waals surface area contributed by atoms with Crippen molar-refractivity contribution in [1.29, 1.82) is 0 Å². The van der Waals surface area contributed by atoms with Crippen LogP contribution in [0.5, 0.6) is 0 Å². The maximum Gasteiger partial charge on any atom is 0.0701 e. The second-order valence-corrected chi connectivity index (χ2v) is 6.17. The Labute approximate surface area is 132 Å². The summed E-state index contributed by atoms with van der Waals surface area (Å²) >= 11 is 0. The molecule has 4 N–H and O–H groups in total. The quantitative estimate of drug-likeness (QED) is 0.608. The van der Waals surface area contributed by atoms with Crippen molar-refractivity contribution in [2.75, 3.05) is 13.1 Å². The number of nitrogens with zero attached hydrogens (tertiary/aromatic N) is 2. The maximum absolute atomic E-state index is 6.16. The summed E-state index contributed by atoms with van der Waals surface area (Å²) in [6, 6.07) is 14.4. The van der Waals surface area contributed by atoms with Crippen LogP contribution in [-0.2, 0) is 6.54 Å². The molecule has 1 fully saturated rings. The Morgan fingerprint density at radius 2 is 1.91 bits per heavy atom. The van der Waals surface area contributed by atoms with Crippen LogP contribution in [-0.4, -0.2) is 23.1 Å². The van der Waals surface area contributed by atoms with Gasteiger partial charge in [-0.1, -0.05) is 30.3 Å². The van der Waals surface area contributed by atoms with Gasteiger partial charge in [-0.15, -0.1) is 0 Å². The molecular weight excluding hydrogens is 272 g/mol. The van der Waals surface area contributed by atoms with Gasteiger partial charge in [-0.05, 0) is 48.9 Å². The second-order valence-electron chi connectivity index (χ2n) is 6.17. The van der Waals surface area contributed by atoms with Crippen molar-refractivity contribution < 1.29 is 0 Å². The van der Waals surface area contributed by atoms with E-state index in [4.69, 9.17) is 11.6 Å². The van der Waals surface area contributed by atoms with Gasteiger partial charge in [0.05, 0.1) is 5.69 Å². The molecule has 0 amide bonds. The Morgan fingerprint density at radius 3 is 2.50 bits per heavy atom. The van der Waals surface area contributed by atoms with E-state index in [1.807, 2.05) is 29.4 Å². The lowest BCUT2D eigenvalue weighted by Crippen LogP contribution is -2.38. The van der Waals surface area contributed by atoms with E-state index >= 15 is 0 Å². The van der Waals surface area contributed by atoms with Crippen molar-refractivity contribution in [3.8, 4) is 11.3 Å². The topological polar surface area (TPSA) is 68.2 Å². The van der Waals surface area contributed by atoms with Crippen LogP contribution in [0.25, 0.3) is 11.3 Å². The Hall–Kier alpha value is -1.75. The molecule has 3 rings (SSSR count). The zero-order valence-corrected chi connectivity index (χ0v) is 12.9. The Morgan fingerprint density at radius 1 is 1.14 bits per heavy atom. The fourth-order valence-corrected chi connectivity index (χ4v) is 2.90. The highest BCUT2D eigenvalue weighted by molar-refractivity contribution is 5.58. The van der Waals surface area contributed by atoms with E-state index in [1.54, 1.807) is 0 Å². The molecule has 0 bridgehead atoms. The van der Waals surface area contributed by atoms with Gasteiger partial charge in [0.2, 0.25) is 0 Å². The van der Waals surface area contributed by atoms with E-state index in [9.17, 15) is 0 Å². The van der Waals surface area contributed by atoms with E-state index in [0.29, 0.717) is 5.92 Å². The minimum Gasteiger partial charge on any atom is -0.330 e. The van der Waals surface area contributed by atoms with Crippen LogP contribution < -0.4 is 11.6 Å². The molecule has 1 aromatic carbocycles. The van der Waals surface area contributed by atoms with Gasteiger partial charge >= 0.3 is 0 Å². The van der Waals surface area contributed by atoms with E-state index < -0.39 is 0 Å². The minimum atomic E-state index is 0.540. The lowest BCUT2D eigenvalue weighted by atomic mass is 10.0. The van der Waals surface area contributed by atoms with Gasteiger partial charge < -0.3 is 5.73 Å². The first-order valence-electron chi connectivity index (χ1n) is 7.96. The van der Waals surface area contributed by atoms with Crippen molar-refractivity contribution >= 4 is 0 Å². The highest BCUT2D eigenvalue weighted by atomic mass is 15.4. The molecule has 1 atom stereocenters. The van der Waals surface area contributed by atoms with Gasteiger partial charge in [0.15, 0.2) is 0 Å². The normalized spacial score (nSPS) is 16.0. The summed E-state index contributed by atoms with van der Waals surface area (Å²) in [5.74, 6) is 7.50. The fraction of sp³-hybridized carbons (Fsp3) is 0.389. The van der Waals surface area contributed by atoms with E-state index in [2.05, 4.69) is 29.2 Å². The highest BCUT2D eigenvalue weighted by Gasteiger charge is 2.30. The van der Waals surface area contributed by atoms with E-state index in [-0.39, 0.29) is 0 Å². The molecule has 1 aliphatic rings.